The van der Waals surface area contributed by atoms with Gasteiger partial charge >= 0.3 is 12.0 Å². The maximum absolute atomic E-state index is 13.1. The number of rotatable bonds is 12. The lowest BCUT2D eigenvalue weighted by atomic mass is 9.86. The Balaban J connectivity index is 1.74. The highest BCUT2D eigenvalue weighted by molar-refractivity contribution is 7.91. The molecule has 14 heteroatoms. The van der Waals surface area contributed by atoms with Crippen molar-refractivity contribution in [3.63, 3.8) is 0 Å². The zero-order valence-electron chi connectivity index (χ0n) is 23.2. The molecule has 13 nitrogen and oxygen atoms in total. The lowest BCUT2D eigenvalue weighted by Crippen LogP contribution is -2.48. The van der Waals surface area contributed by atoms with Crippen molar-refractivity contribution < 1.29 is 32.5 Å². The largest absolute Gasteiger partial charge is 0.462 e. The quantitative estimate of drug-likeness (QED) is 0.163. The third-order valence-electron chi connectivity index (χ3n) is 6.23. The van der Waals surface area contributed by atoms with Crippen molar-refractivity contribution in [3.8, 4) is 0 Å². The number of carbonyl (C=O) groups is 3. The number of anilines is 1. The minimum Gasteiger partial charge on any atom is -0.462 e. The second kappa shape index (κ2) is 13.5. The molecule has 0 aliphatic carbocycles. The van der Waals surface area contributed by atoms with Crippen LogP contribution in [0.4, 0.5) is 16.2 Å². The van der Waals surface area contributed by atoms with E-state index in [4.69, 9.17) is 4.74 Å². The fraction of sp³-hybridized carbons (Fsp3) is 0.407. The van der Waals surface area contributed by atoms with Gasteiger partial charge in [0.2, 0.25) is 5.91 Å². The summed E-state index contributed by atoms with van der Waals surface area (Å²) in [5, 5.41) is 16.9. The number of aliphatic imine (C=N–C) groups is 1. The van der Waals surface area contributed by atoms with E-state index in [0.717, 1.165) is 0 Å². The highest BCUT2D eigenvalue weighted by atomic mass is 32.2. The van der Waals surface area contributed by atoms with Crippen LogP contribution in [-0.4, -0.2) is 66.9 Å². The Bertz CT molecular complexity index is 1440. The molecule has 41 heavy (non-hydrogen) atoms. The van der Waals surface area contributed by atoms with E-state index in [2.05, 4.69) is 15.6 Å². The third-order valence-corrected chi connectivity index (χ3v) is 7.80. The fourth-order valence-electron chi connectivity index (χ4n) is 4.46. The number of amides is 3. The molecule has 2 N–H and O–H groups in total. The molecule has 1 aliphatic rings. The van der Waals surface area contributed by atoms with Crippen molar-refractivity contribution in [2.75, 3.05) is 24.3 Å². The number of nitrogens with zero attached hydrogens (tertiary/aromatic N) is 3. The molecule has 1 heterocycles. The van der Waals surface area contributed by atoms with E-state index in [0.29, 0.717) is 17.7 Å². The first-order chi connectivity index (χ1) is 19.3. The van der Waals surface area contributed by atoms with Gasteiger partial charge in [-0.15, -0.1) is 0 Å². The number of nitro benzene ring substituents is 1. The number of benzene rings is 2. The van der Waals surface area contributed by atoms with Crippen LogP contribution >= 0.6 is 0 Å². The molecule has 1 aliphatic heterocycles. The zero-order valence-corrected chi connectivity index (χ0v) is 24.0. The summed E-state index contributed by atoms with van der Waals surface area (Å²) in [6, 6.07) is 9.99. The minimum atomic E-state index is -3.68. The summed E-state index contributed by atoms with van der Waals surface area (Å²) >= 11 is 0. The SMILES string of the molecule is CC(=O)Nc1ccc(S(=O)(=O)CNCCCN2C(=O)N=C(C)C(C(=O)OC(C)C)C2c2cccc([N+](=O)[O-])c2)cc1. The van der Waals surface area contributed by atoms with Crippen LogP contribution in [-0.2, 0) is 24.2 Å². The topological polar surface area (TPSA) is 177 Å². The summed E-state index contributed by atoms with van der Waals surface area (Å²) in [6.45, 7) is 6.57. The molecule has 0 saturated heterocycles. The van der Waals surface area contributed by atoms with Crippen LogP contribution in [0, 0.1) is 16.0 Å². The molecule has 3 amide bonds. The van der Waals surface area contributed by atoms with E-state index in [1.807, 2.05) is 0 Å². The highest BCUT2D eigenvalue weighted by Gasteiger charge is 2.43. The number of sulfone groups is 1. The van der Waals surface area contributed by atoms with Gasteiger partial charge < -0.3 is 20.3 Å². The average Bonchev–Trinajstić information content (AvgIpc) is 2.88. The summed E-state index contributed by atoms with van der Waals surface area (Å²) < 4.78 is 30.9. The van der Waals surface area contributed by atoms with Crippen molar-refractivity contribution in [1.29, 1.82) is 0 Å². The molecule has 2 aromatic rings. The standard InChI is InChI=1S/C27H33N5O8S/c1-17(2)40-26(34)24-18(3)29-27(35)31(25(24)20-7-5-8-22(15-20)32(36)37)14-6-13-28-16-41(38,39)23-11-9-21(10-12-23)30-19(4)33/h5,7-12,15,17,24-25,28H,6,13-14,16H2,1-4H3,(H,30,33). The van der Waals surface area contributed by atoms with Gasteiger partial charge in [-0.3, -0.25) is 19.7 Å². The van der Waals surface area contributed by atoms with Crippen LogP contribution in [0.1, 0.15) is 45.7 Å². The lowest BCUT2D eigenvalue weighted by Gasteiger charge is -2.38. The van der Waals surface area contributed by atoms with Crippen LogP contribution < -0.4 is 10.6 Å². The molecule has 0 saturated carbocycles. The number of hydrogen-bond acceptors (Lipinski definition) is 9. The Morgan fingerprint density at radius 2 is 1.85 bits per heavy atom. The maximum Gasteiger partial charge on any atom is 0.344 e. The first-order valence-corrected chi connectivity index (χ1v) is 14.6. The van der Waals surface area contributed by atoms with Crippen molar-refractivity contribution in [2.24, 2.45) is 10.9 Å². The molecule has 0 aromatic heterocycles. The number of nitro groups is 1. The number of esters is 1. The Kier molecular flexibility index (Phi) is 10.3. The van der Waals surface area contributed by atoms with E-state index in [9.17, 15) is 32.9 Å². The van der Waals surface area contributed by atoms with E-state index >= 15 is 0 Å². The Labute approximate surface area is 238 Å². The van der Waals surface area contributed by atoms with Gasteiger partial charge in [-0.1, -0.05) is 12.1 Å². The normalized spacial score (nSPS) is 17.2. The van der Waals surface area contributed by atoms with Gasteiger partial charge in [0.05, 0.1) is 22.0 Å². The van der Waals surface area contributed by atoms with Gasteiger partial charge in [-0.05, 0) is 63.6 Å². The first-order valence-electron chi connectivity index (χ1n) is 12.9. The molecule has 0 fully saturated rings. The summed E-state index contributed by atoms with van der Waals surface area (Å²) in [5.74, 6) is -2.23. The monoisotopic (exact) mass is 587 g/mol. The molecular weight excluding hydrogens is 554 g/mol. The van der Waals surface area contributed by atoms with Crippen LogP contribution in [0.2, 0.25) is 0 Å². The molecule has 2 unspecified atom stereocenters. The fourth-order valence-corrected chi connectivity index (χ4v) is 5.59. The predicted molar refractivity (Wildman–Crippen MR) is 151 cm³/mol. The Hall–Kier alpha value is -4.17. The van der Waals surface area contributed by atoms with E-state index in [1.54, 1.807) is 26.8 Å². The van der Waals surface area contributed by atoms with E-state index in [-0.39, 0.29) is 41.2 Å². The predicted octanol–water partition coefficient (Wildman–Crippen LogP) is 3.47. The minimum absolute atomic E-state index is 0.0763. The Morgan fingerprint density at radius 1 is 1.17 bits per heavy atom. The summed E-state index contributed by atoms with van der Waals surface area (Å²) in [4.78, 5) is 53.6. The third kappa shape index (κ3) is 8.17. The number of ether oxygens (including phenoxy) is 1. The van der Waals surface area contributed by atoms with Gasteiger partial charge in [0, 0.05) is 37.0 Å². The van der Waals surface area contributed by atoms with Crippen molar-refractivity contribution in [2.45, 2.75) is 51.2 Å². The van der Waals surface area contributed by atoms with Crippen LogP contribution in [0.3, 0.4) is 0 Å². The van der Waals surface area contributed by atoms with Crippen LogP contribution in [0.15, 0.2) is 58.4 Å². The molecule has 220 valence electrons. The number of urea groups is 1. The molecule has 0 bridgehead atoms. The van der Waals surface area contributed by atoms with Gasteiger partial charge in [-0.2, -0.15) is 0 Å². The second-order valence-electron chi connectivity index (χ2n) is 9.81. The van der Waals surface area contributed by atoms with Gasteiger partial charge in [0.1, 0.15) is 11.8 Å². The van der Waals surface area contributed by atoms with Gasteiger partial charge in [0.25, 0.3) is 5.69 Å². The van der Waals surface area contributed by atoms with Crippen molar-refractivity contribution in [1.82, 2.24) is 10.2 Å². The number of non-ortho nitro benzene ring substituents is 1. The molecular formula is C27H33N5O8S. The Morgan fingerprint density at radius 3 is 2.46 bits per heavy atom. The van der Waals surface area contributed by atoms with E-state index < -0.39 is 44.8 Å². The van der Waals surface area contributed by atoms with Crippen LogP contribution in [0.25, 0.3) is 0 Å². The molecule has 3 rings (SSSR count). The van der Waals surface area contributed by atoms with Crippen molar-refractivity contribution >= 4 is 44.8 Å². The van der Waals surface area contributed by atoms with E-state index in [1.165, 1.54) is 54.3 Å². The zero-order chi connectivity index (χ0) is 30.3. The van der Waals surface area contributed by atoms with Gasteiger partial charge in [-0.25, -0.2) is 18.2 Å². The number of carbonyl (C=O) groups excluding carboxylic acids is 3. The molecule has 2 atom stereocenters. The summed E-state index contributed by atoms with van der Waals surface area (Å²) in [5.41, 5.74) is 0.901. The molecule has 0 radical (unpaired) electrons. The molecule has 0 spiro atoms. The second-order valence-corrected chi connectivity index (χ2v) is 11.8. The smallest absolute Gasteiger partial charge is 0.344 e. The number of nitrogens with one attached hydrogen (secondary N) is 2. The lowest BCUT2D eigenvalue weighted by molar-refractivity contribution is -0.385. The average molecular weight is 588 g/mol. The highest BCUT2D eigenvalue weighted by Crippen LogP contribution is 2.36. The molecule has 2 aromatic carbocycles. The van der Waals surface area contributed by atoms with Crippen molar-refractivity contribution in [3.05, 3.63) is 64.2 Å². The summed E-state index contributed by atoms with van der Waals surface area (Å²) in [6.07, 6.45) is -0.130. The van der Waals surface area contributed by atoms with Crippen LogP contribution in [0.5, 0.6) is 0 Å². The van der Waals surface area contributed by atoms with Gasteiger partial charge in [0.15, 0.2) is 9.84 Å². The first kappa shape index (κ1) is 31.4. The maximum atomic E-state index is 13.1. The number of hydrogen-bond donors (Lipinski definition) is 2. The summed E-state index contributed by atoms with van der Waals surface area (Å²) in [7, 11) is -3.68.